The Kier molecular flexibility index (Phi) is 3.93. The van der Waals surface area contributed by atoms with E-state index < -0.39 is 0 Å². The van der Waals surface area contributed by atoms with Crippen molar-refractivity contribution in [2.24, 2.45) is 5.73 Å². The fourth-order valence-electron chi connectivity index (χ4n) is 2.38. The molecule has 1 fully saturated rings. The molecule has 0 aliphatic carbocycles. The minimum absolute atomic E-state index is 0.305. The van der Waals surface area contributed by atoms with Crippen LogP contribution in [0.15, 0.2) is 24.3 Å². The summed E-state index contributed by atoms with van der Waals surface area (Å²) in [6.07, 6.45) is 2.66. The van der Waals surface area contributed by atoms with Gasteiger partial charge in [0.25, 0.3) is 0 Å². The predicted molar refractivity (Wildman–Crippen MR) is 74.8 cm³/mol. The first kappa shape index (κ1) is 13.4. The van der Waals surface area contributed by atoms with Crippen molar-refractivity contribution in [2.45, 2.75) is 38.3 Å². The van der Waals surface area contributed by atoms with Crippen LogP contribution in [0.3, 0.4) is 0 Å². The summed E-state index contributed by atoms with van der Waals surface area (Å²) in [6, 6.07) is 8.16. The van der Waals surface area contributed by atoms with E-state index in [-0.39, 0.29) is 5.54 Å². The molecule has 0 aromatic heterocycles. The van der Waals surface area contributed by atoms with Gasteiger partial charge in [-0.1, -0.05) is 12.1 Å². The number of piperidine rings is 1. The molecule has 1 aliphatic rings. The lowest BCUT2D eigenvalue weighted by Crippen LogP contribution is -2.38. The molecule has 1 heterocycles. The molecule has 2 N–H and O–H groups in total. The number of ether oxygens (including phenoxy) is 1. The van der Waals surface area contributed by atoms with Crippen molar-refractivity contribution in [3.05, 3.63) is 29.8 Å². The maximum atomic E-state index is 6.12. The fraction of sp³-hybridized carbons (Fsp3) is 0.600. The van der Waals surface area contributed by atoms with Gasteiger partial charge >= 0.3 is 0 Å². The molecule has 0 saturated carbocycles. The van der Waals surface area contributed by atoms with Gasteiger partial charge in [-0.25, -0.2) is 0 Å². The Morgan fingerprint density at radius 1 is 1.39 bits per heavy atom. The van der Waals surface area contributed by atoms with Crippen molar-refractivity contribution in [2.75, 3.05) is 20.1 Å². The van der Waals surface area contributed by atoms with Crippen LogP contribution in [0.1, 0.15) is 32.3 Å². The minimum atomic E-state index is -0.317. The van der Waals surface area contributed by atoms with Crippen molar-refractivity contribution in [1.82, 2.24) is 4.90 Å². The Hall–Kier alpha value is -1.06. The van der Waals surface area contributed by atoms with E-state index in [2.05, 4.69) is 24.1 Å². The van der Waals surface area contributed by atoms with Crippen LogP contribution in [0, 0.1) is 0 Å². The molecule has 0 spiro atoms. The van der Waals surface area contributed by atoms with E-state index in [1.54, 1.807) is 0 Å². The Bertz CT molecular complexity index is 398. The van der Waals surface area contributed by atoms with E-state index in [4.69, 9.17) is 10.5 Å². The van der Waals surface area contributed by atoms with Gasteiger partial charge in [0.2, 0.25) is 0 Å². The van der Waals surface area contributed by atoms with Crippen molar-refractivity contribution in [3.8, 4) is 5.75 Å². The molecule has 0 amide bonds. The normalized spacial score (nSPS) is 21.9. The zero-order valence-electron chi connectivity index (χ0n) is 11.6. The third-order valence-electron chi connectivity index (χ3n) is 3.46. The van der Waals surface area contributed by atoms with E-state index in [0.29, 0.717) is 6.10 Å². The van der Waals surface area contributed by atoms with Gasteiger partial charge in [-0.3, -0.25) is 0 Å². The number of benzene rings is 1. The molecular weight excluding hydrogens is 224 g/mol. The van der Waals surface area contributed by atoms with E-state index in [0.717, 1.165) is 24.3 Å². The van der Waals surface area contributed by atoms with Gasteiger partial charge < -0.3 is 15.4 Å². The van der Waals surface area contributed by atoms with Crippen LogP contribution in [0.4, 0.5) is 0 Å². The second-order valence-corrected chi connectivity index (χ2v) is 5.89. The Morgan fingerprint density at radius 3 is 2.83 bits per heavy atom. The predicted octanol–water partition coefficient (Wildman–Crippen LogP) is 2.35. The highest BCUT2D eigenvalue weighted by atomic mass is 16.5. The number of nitrogens with zero attached hydrogens (tertiary/aromatic N) is 1. The second-order valence-electron chi connectivity index (χ2n) is 5.89. The fourth-order valence-corrected chi connectivity index (χ4v) is 2.38. The highest BCUT2D eigenvalue weighted by Crippen LogP contribution is 2.24. The summed E-state index contributed by atoms with van der Waals surface area (Å²) in [6.45, 7) is 6.22. The summed E-state index contributed by atoms with van der Waals surface area (Å²) in [5.74, 6) is 0.936. The minimum Gasteiger partial charge on any atom is -0.489 e. The molecule has 1 unspecified atom stereocenters. The van der Waals surface area contributed by atoms with Gasteiger partial charge in [0.05, 0.1) is 0 Å². The van der Waals surface area contributed by atoms with Crippen LogP contribution in [0.25, 0.3) is 0 Å². The van der Waals surface area contributed by atoms with Crippen molar-refractivity contribution >= 4 is 0 Å². The quantitative estimate of drug-likeness (QED) is 0.892. The number of hydrogen-bond acceptors (Lipinski definition) is 3. The van der Waals surface area contributed by atoms with Gasteiger partial charge in [0.1, 0.15) is 11.9 Å². The summed E-state index contributed by atoms with van der Waals surface area (Å²) in [5.41, 5.74) is 6.92. The van der Waals surface area contributed by atoms with E-state index >= 15 is 0 Å². The van der Waals surface area contributed by atoms with Crippen molar-refractivity contribution < 1.29 is 4.74 Å². The molecule has 1 aliphatic heterocycles. The SMILES string of the molecule is CN1CCCC(Oc2cccc(C(C)(C)N)c2)C1. The van der Waals surface area contributed by atoms with E-state index in [1.165, 1.54) is 13.0 Å². The highest BCUT2D eigenvalue weighted by Gasteiger charge is 2.19. The first-order chi connectivity index (χ1) is 8.45. The molecular formula is C15H24N2O. The lowest BCUT2D eigenvalue weighted by atomic mass is 9.95. The van der Waals surface area contributed by atoms with Crippen molar-refractivity contribution in [1.29, 1.82) is 0 Å². The molecule has 18 heavy (non-hydrogen) atoms. The standard InChI is InChI=1S/C15H24N2O/c1-15(2,16)12-6-4-7-13(10-12)18-14-8-5-9-17(3)11-14/h4,6-7,10,14H,5,8-9,11,16H2,1-3H3. The van der Waals surface area contributed by atoms with Crippen molar-refractivity contribution in [3.63, 3.8) is 0 Å². The molecule has 1 atom stereocenters. The van der Waals surface area contributed by atoms with Gasteiger partial charge in [-0.2, -0.15) is 0 Å². The average molecular weight is 248 g/mol. The van der Waals surface area contributed by atoms with Crippen LogP contribution in [-0.4, -0.2) is 31.1 Å². The maximum Gasteiger partial charge on any atom is 0.120 e. The lowest BCUT2D eigenvalue weighted by molar-refractivity contribution is 0.104. The van der Waals surface area contributed by atoms with Crippen LogP contribution in [-0.2, 0) is 5.54 Å². The topological polar surface area (TPSA) is 38.5 Å². The number of likely N-dealkylation sites (tertiary alicyclic amines) is 1. The molecule has 2 rings (SSSR count). The average Bonchev–Trinajstić information content (AvgIpc) is 2.28. The van der Waals surface area contributed by atoms with E-state index in [9.17, 15) is 0 Å². The summed E-state index contributed by atoms with van der Waals surface area (Å²) in [7, 11) is 2.15. The molecule has 1 aromatic rings. The Labute approximate surface area is 110 Å². The molecule has 3 heteroatoms. The smallest absolute Gasteiger partial charge is 0.120 e. The van der Waals surface area contributed by atoms with Crippen LogP contribution in [0.5, 0.6) is 5.75 Å². The van der Waals surface area contributed by atoms with Gasteiger partial charge in [-0.15, -0.1) is 0 Å². The lowest BCUT2D eigenvalue weighted by Gasteiger charge is -2.30. The summed E-state index contributed by atoms with van der Waals surface area (Å²) in [5, 5.41) is 0. The third-order valence-corrected chi connectivity index (χ3v) is 3.46. The van der Waals surface area contributed by atoms with Crippen LogP contribution in [0.2, 0.25) is 0 Å². The largest absolute Gasteiger partial charge is 0.489 e. The second kappa shape index (κ2) is 5.29. The number of likely N-dealkylation sites (N-methyl/N-ethyl adjacent to an activating group) is 1. The zero-order valence-corrected chi connectivity index (χ0v) is 11.6. The highest BCUT2D eigenvalue weighted by molar-refractivity contribution is 5.32. The molecule has 0 bridgehead atoms. The van der Waals surface area contributed by atoms with Crippen LogP contribution < -0.4 is 10.5 Å². The summed E-state index contributed by atoms with van der Waals surface area (Å²) in [4.78, 5) is 2.32. The van der Waals surface area contributed by atoms with Gasteiger partial charge in [0, 0.05) is 12.1 Å². The third kappa shape index (κ3) is 3.47. The van der Waals surface area contributed by atoms with E-state index in [1.807, 2.05) is 26.0 Å². The first-order valence-electron chi connectivity index (χ1n) is 6.70. The summed E-state index contributed by atoms with van der Waals surface area (Å²) >= 11 is 0. The molecule has 100 valence electrons. The number of nitrogens with two attached hydrogens (primary N) is 1. The molecule has 1 saturated heterocycles. The Morgan fingerprint density at radius 2 is 2.17 bits per heavy atom. The monoisotopic (exact) mass is 248 g/mol. The van der Waals surface area contributed by atoms with Gasteiger partial charge in [-0.05, 0) is 58.0 Å². The Balaban J connectivity index is 2.05. The maximum absolute atomic E-state index is 6.12. The van der Waals surface area contributed by atoms with Crippen LogP contribution >= 0.6 is 0 Å². The molecule has 0 radical (unpaired) electrons. The summed E-state index contributed by atoms with van der Waals surface area (Å²) < 4.78 is 6.06. The zero-order chi connectivity index (χ0) is 13.2. The number of rotatable bonds is 3. The molecule has 1 aromatic carbocycles. The number of hydrogen-bond donors (Lipinski definition) is 1. The van der Waals surface area contributed by atoms with Gasteiger partial charge in [0.15, 0.2) is 0 Å². The molecule has 3 nitrogen and oxygen atoms in total. The first-order valence-corrected chi connectivity index (χ1v) is 6.70.